The second kappa shape index (κ2) is 9.23. The van der Waals surface area contributed by atoms with Gasteiger partial charge in [0.2, 0.25) is 0 Å². The van der Waals surface area contributed by atoms with Crippen molar-refractivity contribution in [1.29, 1.82) is 0 Å². The molecule has 1 aromatic carbocycles. The van der Waals surface area contributed by atoms with Crippen LogP contribution in [0.2, 0.25) is 5.02 Å². The van der Waals surface area contributed by atoms with Gasteiger partial charge in [-0.05, 0) is 38.4 Å². The van der Waals surface area contributed by atoms with E-state index in [9.17, 15) is 4.79 Å². The zero-order chi connectivity index (χ0) is 15.2. The molecule has 2 rings (SSSR count). The van der Waals surface area contributed by atoms with Gasteiger partial charge in [0.15, 0.2) is 6.61 Å². The average molecular weight is 347 g/mol. The Labute approximate surface area is 143 Å². The molecule has 6 heteroatoms. The summed E-state index contributed by atoms with van der Waals surface area (Å²) in [5.74, 6) is 0.724. The summed E-state index contributed by atoms with van der Waals surface area (Å²) >= 11 is 6.06. The highest BCUT2D eigenvalue weighted by Crippen LogP contribution is 2.25. The van der Waals surface area contributed by atoms with Crippen LogP contribution in [-0.2, 0) is 4.79 Å². The standard InChI is InChI=1S/C16H23ClN2O2.ClH/c1-3-9-19(13-7-8-18-10-13)16(20)11-21-15-6-4-5-14(17)12(15)2;/h4-6,13,18H,3,7-11H2,1-2H3;1H. The van der Waals surface area contributed by atoms with Crippen LogP contribution in [0.15, 0.2) is 18.2 Å². The maximum absolute atomic E-state index is 12.4. The number of nitrogens with one attached hydrogen (secondary N) is 1. The SMILES string of the molecule is CCCN(C(=O)COc1cccc(Cl)c1C)C1CCNC1.Cl. The lowest BCUT2D eigenvalue weighted by Gasteiger charge is -2.28. The van der Waals surface area contributed by atoms with Crippen molar-refractivity contribution >= 4 is 29.9 Å². The maximum Gasteiger partial charge on any atom is 0.260 e. The lowest BCUT2D eigenvalue weighted by atomic mass is 10.2. The average Bonchev–Trinajstić information content (AvgIpc) is 3.00. The fourth-order valence-electron chi connectivity index (χ4n) is 2.62. The minimum Gasteiger partial charge on any atom is -0.483 e. The second-order valence-corrected chi connectivity index (χ2v) is 5.79. The Kier molecular flexibility index (Phi) is 8.01. The van der Waals surface area contributed by atoms with Crippen LogP contribution < -0.4 is 10.1 Å². The molecule has 1 aliphatic rings. The van der Waals surface area contributed by atoms with Crippen molar-refractivity contribution in [2.24, 2.45) is 0 Å². The smallest absolute Gasteiger partial charge is 0.260 e. The highest BCUT2D eigenvalue weighted by Gasteiger charge is 2.26. The van der Waals surface area contributed by atoms with Crippen molar-refractivity contribution in [2.75, 3.05) is 26.2 Å². The number of halogens is 2. The predicted molar refractivity (Wildman–Crippen MR) is 92.2 cm³/mol. The zero-order valence-corrected chi connectivity index (χ0v) is 14.7. The number of rotatable bonds is 6. The third kappa shape index (κ3) is 4.77. The van der Waals surface area contributed by atoms with E-state index in [1.165, 1.54) is 0 Å². The van der Waals surface area contributed by atoms with Crippen LogP contribution in [0.25, 0.3) is 0 Å². The maximum atomic E-state index is 12.4. The van der Waals surface area contributed by atoms with Gasteiger partial charge in [-0.15, -0.1) is 12.4 Å². The Hall–Kier alpha value is -0.970. The van der Waals surface area contributed by atoms with Crippen LogP contribution in [0.3, 0.4) is 0 Å². The fraction of sp³-hybridized carbons (Fsp3) is 0.562. The molecule has 0 aromatic heterocycles. The molecule has 0 spiro atoms. The van der Waals surface area contributed by atoms with Crippen LogP contribution in [0.4, 0.5) is 0 Å². The first-order valence-electron chi connectivity index (χ1n) is 7.51. The highest BCUT2D eigenvalue weighted by atomic mass is 35.5. The topological polar surface area (TPSA) is 41.6 Å². The molecule has 4 nitrogen and oxygen atoms in total. The van der Waals surface area contributed by atoms with Crippen LogP contribution in [0.1, 0.15) is 25.3 Å². The number of hydrogen-bond acceptors (Lipinski definition) is 3. The van der Waals surface area contributed by atoms with E-state index in [0.717, 1.165) is 38.0 Å². The molecule has 1 amide bonds. The van der Waals surface area contributed by atoms with E-state index >= 15 is 0 Å². The monoisotopic (exact) mass is 346 g/mol. The van der Waals surface area contributed by atoms with E-state index in [1.54, 1.807) is 0 Å². The van der Waals surface area contributed by atoms with Crippen molar-refractivity contribution in [1.82, 2.24) is 10.2 Å². The number of carbonyl (C=O) groups is 1. The van der Waals surface area contributed by atoms with Gasteiger partial charge in [0.05, 0.1) is 0 Å². The lowest BCUT2D eigenvalue weighted by Crippen LogP contribution is -2.44. The zero-order valence-electron chi connectivity index (χ0n) is 13.1. The van der Waals surface area contributed by atoms with Gasteiger partial charge in [0.25, 0.3) is 5.91 Å². The van der Waals surface area contributed by atoms with Crippen molar-refractivity contribution in [3.05, 3.63) is 28.8 Å². The van der Waals surface area contributed by atoms with Gasteiger partial charge in [-0.1, -0.05) is 24.6 Å². The molecule has 0 saturated carbocycles. The number of ether oxygens (including phenoxy) is 1. The van der Waals surface area contributed by atoms with Crippen molar-refractivity contribution in [3.63, 3.8) is 0 Å². The molecule has 1 unspecified atom stereocenters. The molecule has 1 aliphatic heterocycles. The van der Waals surface area contributed by atoms with E-state index in [4.69, 9.17) is 16.3 Å². The first-order valence-corrected chi connectivity index (χ1v) is 7.89. The summed E-state index contributed by atoms with van der Waals surface area (Å²) in [6, 6.07) is 5.79. The van der Waals surface area contributed by atoms with E-state index < -0.39 is 0 Å². The first-order chi connectivity index (χ1) is 10.1. The van der Waals surface area contributed by atoms with Crippen molar-refractivity contribution < 1.29 is 9.53 Å². The summed E-state index contributed by atoms with van der Waals surface area (Å²) in [5, 5.41) is 3.96. The Morgan fingerprint density at radius 2 is 2.27 bits per heavy atom. The summed E-state index contributed by atoms with van der Waals surface area (Å²) in [6.07, 6.45) is 1.97. The molecule has 124 valence electrons. The van der Waals surface area contributed by atoms with Crippen LogP contribution in [0.5, 0.6) is 5.75 Å². The Balaban J connectivity index is 0.00000242. The highest BCUT2D eigenvalue weighted by molar-refractivity contribution is 6.31. The van der Waals surface area contributed by atoms with Crippen molar-refractivity contribution in [3.8, 4) is 5.75 Å². The van der Waals surface area contributed by atoms with Gasteiger partial charge >= 0.3 is 0 Å². The van der Waals surface area contributed by atoms with Gasteiger partial charge < -0.3 is 15.0 Å². The Morgan fingerprint density at radius 1 is 1.50 bits per heavy atom. The van der Waals surface area contributed by atoms with E-state index in [0.29, 0.717) is 16.8 Å². The number of nitrogens with zero attached hydrogens (tertiary/aromatic N) is 1. The number of hydrogen-bond donors (Lipinski definition) is 1. The van der Waals surface area contributed by atoms with Gasteiger partial charge in [-0.2, -0.15) is 0 Å². The quantitative estimate of drug-likeness (QED) is 0.860. The molecule has 22 heavy (non-hydrogen) atoms. The molecule has 0 radical (unpaired) electrons. The lowest BCUT2D eigenvalue weighted by molar-refractivity contribution is -0.135. The van der Waals surface area contributed by atoms with Gasteiger partial charge in [-0.25, -0.2) is 0 Å². The normalized spacial score (nSPS) is 17.0. The molecule has 1 atom stereocenters. The van der Waals surface area contributed by atoms with Crippen molar-refractivity contribution in [2.45, 2.75) is 32.7 Å². The van der Waals surface area contributed by atoms with E-state index in [1.807, 2.05) is 30.0 Å². The molecule has 1 heterocycles. The third-order valence-electron chi connectivity index (χ3n) is 3.83. The molecule has 1 saturated heterocycles. The first kappa shape index (κ1) is 19.1. The third-order valence-corrected chi connectivity index (χ3v) is 4.24. The summed E-state index contributed by atoms with van der Waals surface area (Å²) in [5.41, 5.74) is 0.872. The second-order valence-electron chi connectivity index (χ2n) is 5.39. The van der Waals surface area contributed by atoms with E-state index in [2.05, 4.69) is 12.2 Å². The summed E-state index contributed by atoms with van der Waals surface area (Å²) in [6.45, 7) is 6.69. The number of amides is 1. The summed E-state index contributed by atoms with van der Waals surface area (Å²) in [4.78, 5) is 14.4. The largest absolute Gasteiger partial charge is 0.483 e. The summed E-state index contributed by atoms with van der Waals surface area (Å²) < 4.78 is 5.67. The predicted octanol–water partition coefficient (Wildman–Crippen LogP) is 3.05. The van der Waals surface area contributed by atoms with Gasteiger partial charge in [0.1, 0.15) is 5.75 Å². The van der Waals surface area contributed by atoms with Gasteiger partial charge in [-0.3, -0.25) is 4.79 Å². The number of benzene rings is 1. The molecule has 1 aromatic rings. The molecular weight excluding hydrogens is 323 g/mol. The number of carbonyl (C=O) groups excluding carboxylic acids is 1. The van der Waals surface area contributed by atoms with Crippen LogP contribution in [-0.4, -0.2) is 43.1 Å². The Morgan fingerprint density at radius 3 is 2.91 bits per heavy atom. The Bertz CT molecular complexity index is 491. The molecule has 0 bridgehead atoms. The van der Waals surface area contributed by atoms with Gasteiger partial charge in [0, 0.05) is 29.7 Å². The van der Waals surface area contributed by atoms with Crippen LogP contribution >= 0.6 is 24.0 Å². The van der Waals surface area contributed by atoms with E-state index in [-0.39, 0.29) is 24.9 Å². The minimum absolute atomic E-state index is 0. The minimum atomic E-state index is 0. The molecule has 1 N–H and O–H groups in total. The molecule has 1 fully saturated rings. The molecule has 0 aliphatic carbocycles. The molecular formula is C16H24Cl2N2O2. The summed E-state index contributed by atoms with van der Waals surface area (Å²) in [7, 11) is 0. The fourth-order valence-corrected chi connectivity index (χ4v) is 2.79. The van der Waals surface area contributed by atoms with Crippen LogP contribution in [0, 0.1) is 6.92 Å².